The topological polar surface area (TPSA) is 78.9 Å². The van der Waals surface area contributed by atoms with Crippen molar-refractivity contribution in [3.8, 4) is 23.0 Å². The van der Waals surface area contributed by atoms with E-state index in [0.717, 1.165) is 4.70 Å². The second-order valence-electron chi connectivity index (χ2n) is 5.99. The van der Waals surface area contributed by atoms with Crippen molar-refractivity contribution in [3.05, 3.63) is 36.4 Å². The number of nitrogens with one attached hydrogen (secondary N) is 1. The molecular formula is C19H18N2O5S. The van der Waals surface area contributed by atoms with Crippen LogP contribution in [0.25, 0.3) is 10.2 Å². The lowest BCUT2D eigenvalue weighted by molar-refractivity contribution is -0.128. The van der Waals surface area contributed by atoms with E-state index < -0.39 is 12.2 Å². The van der Waals surface area contributed by atoms with Crippen LogP contribution in [0.1, 0.15) is 6.92 Å². The van der Waals surface area contributed by atoms with Gasteiger partial charge in [0, 0.05) is 12.1 Å². The fraction of sp³-hybridized carbons (Fsp3) is 0.263. The molecule has 2 unspecified atom stereocenters. The Balaban J connectivity index is 1.56. The minimum atomic E-state index is -0.768. The average molecular weight is 386 g/mol. The summed E-state index contributed by atoms with van der Waals surface area (Å²) in [5.74, 6) is 2.07. The van der Waals surface area contributed by atoms with Gasteiger partial charge in [0.15, 0.2) is 28.1 Å². The van der Waals surface area contributed by atoms with Gasteiger partial charge < -0.3 is 18.9 Å². The van der Waals surface area contributed by atoms with E-state index in [0.29, 0.717) is 33.6 Å². The highest BCUT2D eigenvalue weighted by atomic mass is 32.1. The Kier molecular flexibility index (Phi) is 4.49. The van der Waals surface area contributed by atoms with Crippen molar-refractivity contribution in [3.63, 3.8) is 0 Å². The zero-order chi connectivity index (χ0) is 19.0. The normalized spacial score (nSPS) is 18.2. The molecule has 0 fully saturated rings. The number of nitrogens with zero attached hydrogens (tertiary/aromatic N) is 1. The van der Waals surface area contributed by atoms with Crippen molar-refractivity contribution in [1.82, 2.24) is 4.98 Å². The third-order valence-electron chi connectivity index (χ3n) is 4.22. The minimum absolute atomic E-state index is 0.310. The van der Waals surface area contributed by atoms with Gasteiger partial charge in [-0.2, -0.15) is 0 Å². The number of benzene rings is 2. The lowest BCUT2D eigenvalue weighted by Gasteiger charge is -2.30. The van der Waals surface area contributed by atoms with E-state index in [1.54, 1.807) is 33.3 Å². The van der Waals surface area contributed by atoms with Gasteiger partial charge in [0.25, 0.3) is 5.91 Å². The van der Waals surface area contributed by atoms with Gasteiger partial charge in [0.05, 0.1) is 24.4 Å². The lowest BCUT2D eigenvalue weighted by atomic mass is 10.1. The number of fused-ring (bicyclic) bond motifs is 2. The molecule has 0 saturated heterocycles. The third kappa shape index (κ3) is 3.23. The SMILES string of the molecule is COc1cc2nc(NC(=O)C3Oc4ccccc4OC3C)sc2cc1OC. The molecule has 2 atom stereocenters. The van der Waals surface area contributed by atoms with Crippen LogP contribution in [-0.2, 0) is 4.79 Å². The third-order valence-corrected chi connectivity index (χ3v) is 5.16. The lowest BCUT2D eigenvalue weighted by Crippen LogP contribution is -2.46. The highest BCUT2D eigenvalue weighted by molar-refractivity contribution is 7.22. The first kappa shape index (κ1) is 17.4. The molecule has 0 saturated carbocycles. The number of anilines is 1. The van der Waals surface area contributed by atoms with E-state index in [1.165, 1.54) is 11.3 Å². The number of thiazole rings is 1. The number of para-hydroxylation sites is 2. The first-order chi connectivity index (χ1) is 13.1. The van der Waals surface area contributed by atoms with E-state index in [9.17, 15) is 4.79 Å². The Bertz CT molecular complexity index is 962. The maximum Gasteiger partial charge on any atom is 0.271 e. The predicted molar refractivity (Wildman–Crippen MR) is 102 cm³/mol. The van der Waals surface area contributed by atoms with Gasteiger partial charge >= 0.3 is 0 Å². The largest absolute Gasteiger partial charge is 0.493 e. The summed E-state index contributed by atoms with van der Waals surface area (Å²) < 4.78 is 23.1. The van der Waals surface area contributed by atoms with E-state index in [-0.39, 0.29) is 5.91 Å². The first-order valence-electron chi connectivity index (χ1n) is 8.35. The Hall–Kier alpha value is -3.00. The van der Waals surface area contributed by atoms with Crippen LogP contribution < -0.4 is 24.3 Å². The molecule has 4 rings (SSSR count). The molecule has 2 aromatic carbocycles. The van der Waals surface area contributed by atoms with Crippen LogP contribution in [0.15, 0.2) is 36.4 Å². The fourth-order valence-corrected chi connectivity index (χ4v) is 3.77. The Labute approximate surface area is 159 Å². The molecule has 1 N–H and O–H groups in total. The molecule has 0 radical (unpaired) electrons. The summed E-state index contributed by atoms with van der Waals surface area (Å²) in [4.78, 5) is 17.2. The number of hydrogen-bond acceptors (Lipinski definition) is 7. The van der Waals surface area contributed by atoms with Gasteiger partial charge in [0.1, 0.15) is 6.10 Å². The number of methoxy groups -OCH3 is 2. The molecule has 1 aliphatic heterocycles. The number of rotatable bonds is 4. The molecule has 0 spiro atoms. The minimum Gasteiger partial charge on any atom is -0.493 e. The van der Waals surface area contributed by atoms with Gasteiger partial charge in [-0.05, 0) is 19.1 Å². The zero-order valence-electron chi connectivity index (χ0n) is 15.0. The molecule has 140 valence electrons. The molecule has 7 nitrogen and oxygen atoms in total. The zero-order valence-corrected chi connectivity index (χ0v) is 15.8. The van der Waals surface area contributed by atoms with Crippen LogP contribution in [-0.4, -0.2) is 37.3 Å². The van der Waals surface area contributed by atoms with Crippen molar-refractivity contribution >= 4 is 32.6 Å². The Morgan fingerprint density at radius 2 is 1.78 bits per heavy atom. The number of ether oxygens (including phenoxy) is 4. The maximum absolute atomic E-state index is 12.7. The smallest absolute Gasteiger partial charge is 0.271 e. The van der Waals surface area contributed by atoms with Crippen molar-refractivity contribution in [2.24, 2.45) is 0 Å². The average Bonchev–Trinajstić information content (AvgIpc) is 3.07. The maximum atomic E-state index is 12.7. The number of hydrogen-bond donors (Lipinski definition) is 1. The van der Waals surface area contributed by atoms with Gasteiger partial charge in [-0.1, -0.05) is 23.5 Å². The van der Waals surface area contributed by atoms with Crippen molar-refractivity contribution in [2.45, 2.75) is 19.1 Å². The van der Waals surface area contributed by atoms with Crippen LogP contribution in [0.4, 0.5) is 5.13 Å². The first-order valence-corrected chi connectivity index (χ1v) is 9.16. The summed E-state index contributed by atoms with van der Waals surface area (Å²) in [5, 5.41) is 3.29. The molecule has 1 amide bonds. The fourth-order valence-electron chi connectivity index (χ4n) is 2.89. The molecule has 27 heavy (non-hydrogen) atoms. The highest BCUT2D eigenvalue weighted by Crippen LogP contribution is 2.37. The van der Waals surface area contributed by atoms with Gasteiger partial charge in [-0.3, -0.25) is 10.1 Å². The van der Waals surface area contributed by atoms with Crippen LogP contribution in [0.3, 0.4) is 0 Å². The molecule has 2 heterocycles. The second kappa shape index (κ2) is 6.96. The Morgan fingerprint density at radius 1 is 1.11 bits per heavy atom. The van der Waals surface area contributed by atoms with Gasteiger partial charge in [-0.15, -0.1) is 0 Å². The van der Waals surface area contributed by atoms with E-state index in [2.05, 4.69) is 10.3 Å². The van der Waals surface area contributed by atoms with Gasteiger partial charge in [0.2, 0.25) is 6.10 Å². The van der Waals surface area contributed by atoms with E-state index in [4.69, 9.17) is 18.9 Å². The molecule has 3 aromatic rings. The number of carbonyl (C=O) groups excluding carboxylic acids is 1. The summed E-state index contributed by atoms with van der Waals surface area (Å²) >= 11 is 1.35. The van der Waals surface area contributed by atoms with Crippen LogP contribution in [0.2, 0.25) is 0 Å². The summed E-state index contributed by atoms with van der Waals surface area (Å²) in [6.07, 6.45) is -1.19. The Morgan fingerprint density at radius 3 is 2.48 bits per heavy atom. The number of aromatic nitrogens is 1. The monoisotopic (exact) mass is 386 g/mol. The molecule has 0 aliphatic carbocycles. The molecule has 1 aromatic heterocycles. The predicted octanol–water partition coefficient (Wildman–Crippen LogP) is 3.48. The molecule has 8 heteroatoms. The molecule has 1 aliphatic rings. The summed E-state index contributed by atoms with van der Waals surface area (Å²) in [7, 11) is 3.14. The second-order valence-corrected chi connectivity index (χ2v) is 7.02. The van der Waals surface area contributed by atoms with Crippen molar-refractivity contribution < 1.29 is 23.7 Å². The summed E-state index contributed by atoms with van der Waals surface area (Å²) in [5.41, 5.74) is 0.715. The highest BCUT2D eigenvalue weighted by Gasteiger charge is 2.34. The van der Waals surface area contributed by atoms with Crippen molar-refractivity contribution in [1.29, 1.82) is 0 Å². The summed E-state index contributed by atoms with van der Waals surface area (Å²) in [6.45, 7) is 1.80. The quantitative estimate of drug-likeness (QED) is 0.740. The van der Waals surface area contributed by atoms with E-state index >= 15 is 0 Å². The van der Waals surface area contributed by atoms with Crippen LogP contribution >= 0.6 is 11.3 Å². The molecular weight excluding hydrogens is 368 g/mol. The standard InChI is InChI=1S/C19H18N2O5S/c1-10-17(26-13-7-5-4-6-12(13)25-10)18(22)21-19-20-11-8-14(23-2)15(24-3)9-16(11)27-19/h4-10,17H,1-3H3,(H,20,21,22). The van der Waals surface area contributed by atoms with Gasteiger partial charge in [-0.25, -0.2) is 4.98 Å². The van der Waals surface area contributed by atoms with Crippen LogP contribution in [0.5, 0.6) is 23.0 Å². The number of amides is 1. The summed E-state index contributed by atoms with van der Waals surface area (Å²) in [6, 6.07) is 10.9. The van der Waals surface area contributed by atoms with Crippen molar-refractivity contribution in [2.75, 3.05) is 19.5 Å². The van der Waals surface area contributed by atoms with E-state index in [1.807, 2.05) is 24.3 Å². The number of carbonyl (C=O) groups is 1. The molecule has 0 bridgehead atoms. The van der Waals surface area contributed by atoms with Crippen LogP contribution in [0, 0.1) is 0 Å².